The molecule has 7 nitrogen and oxygen atoms in total. The molecule has 0 radical (unpaired) electrons. The highest BCUT2D eigenvalue weighted by Gasteiger charge is 2.32. The Morgan fingerprint density at radius 2 is 2.46 bits per heavy atom. The molecule has 3 rings (SSSR count). The number of thiazole rings is 1. The van der Waals surface area contributed by atoms with Crippen LogP contribution in [-0.2, 0) is 9.47 Å². The zero-order valence-corrected chi connectivity index (χ0v) is 14.1. The first-order chi connectivity index (χ1) is 11.6. The number of rotatable bonds is 6. The van der Waals surface area contributed by atoms with Crippen molar-refractivity contribution in [1.29, 1.82) is 5.26 Å². The largest absolute Gasteiger partial charge is 0.441 e. The van der Waals surface area contributed by atoms with Gasteiger partial charge in [0.25, 0.3) is 0 Å². The molecule has 1 saturated heterocycles. The SMILES string of the molecule is COCC1CN(c2ccc3nc(C(N)CCC#N)sc3c2)C(=O)O1. The molecule has 0 spiro atoms. The second-order valence-corrected chi connectivity index (χ2v) is 6.64. The average Bonchev–Trinajstić information content (AvgIpc) is 3.15. The summed E-state index contributed by atoms with van der Waals surface area (Å²) in [5, 5.41) is 9.47. The molecule has 1 aromatic heterocycles. The Balaban J connectivity index is 1.81. The van der Waals surface area contributed by atoms with Crippen LogP contribution in [0.5, 0.6) is 0 Å². The van der Waals surface area contributed by atoms with E-state index in [0.717, 1.165) is 20.9 Å². The zero-order valence-electron chi connectivity index (χ0n) is 13.3. The Hall–Kier alpha value is -2.21. The molecule has 0 aliphatic carbocycles. The summed E-state index contributed by atoms with van der Waals surface area (Å²) in [6.45, 7) is 0.842. The fourth-order valence-electron chi connectivity index (χ4n) is 2.61. The second-order valence-electron chi connectivity index (χ2n) is 5.58. The Morgan fingerprint density at radius 1 is 1.62 bits per heavy atom. The molecule has 1 aliphatic heterocycles. The highest BCUT2D eigenvalue weighted by molar-refractivity contribution is 7.18. The lowest BCUT2D eigenvalue weighted by atomic mass is 10.2. The van der Waals surface area contributed by atoms with Crippen molar-refractivity contribution in [2.75, 3.05) is 25.2 Å². The minimum atomic E-state index is -0.369. The van der Waals surface area contributed by atoms with Crippen LogP contribution >= 0.6 is 11.3 Å². The van der Waals surface area contributed by atoms with Crippen LogP contribution in [0.2, 0.25) is 0 Å². The molecule has 2 N–H and O–H groups in total. The Bertz CT molecular complexity index is 785. The monoisotopic (exact) mass is 346 g/mol. The van der Waals surface area contributed by atoms with E-state index in [1.54, 1.807) is 12.0 Å². The number of anilines is 1. The first kappa shape index (κ1) is 16.6. The number of ether oxygens (including phenoxy) is 2. The number of nitriles is 1. The topological polar surface area (TPSA) is 101 Å². The maximum atomic E-state index is 12.0. The fraction of sp³-hybridized carbons (Fsp3) is 0.438. The smallest absolute Gasteiger partial charge is 0.414 e. The quantitative estimate of drug-likeness (QED) is 0.862. The van der Waals surface area contributed by atoms with E-state index in [1.165, 1.54) is 11.3 Å². The number of carbonyl (C=O) groups is 1. The molecule has 1 fully saturated rings. The summed E-state index contributed by atoms with van der Waals surface area (Å²) in [4.78, 5) is 18.1. The second kappa shape index (κ2) is 7.13. The van der Waals surface area contributed by atoms with Gasteiger partial charge in [-0.1, -0.05) is 0 Å². The molecule has 8 heteroatoms. The molecule has 1 aliphatic rings. The van der Waals surface area contributed by atoms with Crippen molar-refractivity contribution in [1.82, 2.24) is 4.98 Å². The van der Waals surface area contributed by atoms with Crippen LogP contribution in [0.25, 0.3) is 10.2 Å². The van der Waals surface area contributed by atoms with Crippen molar-refractivity contribution in [3.8, 4) is 6.07 Å². The number of carbonyl (C=O) groups excluding carboxylic acids is 1. The lowest BCUT2D eigenvalue weighted by Gasteiger charge is -2.12. The van der Waals surface area contributed by atoms with Crippen molar-refractivity contribution in [2.24, 2.45) is 5.73 Å². The van der Waals surface area contributed by atoms with Crippen molar-refractivity contribution in [2.45, 2.75) is 25.0 Å². The van der Waals surface area contributed by atoms with Gasteiger partial charge in [0.05, 0.1) is 35.5 Å². The van der Waals surface area contributed by atoms with Gasteiger partial charge in [0.1, 0.15) is 11.1 Å². The Morgan fingerprint density at radius 3 is 3.21 bits per heavy atom. The summed E-state index contributed by atoms with van der Waals surface area (Å²) in [7, 11) is 1.58. The molecule has 2 heterocycles. The molecule has 126 valence electrons. The van der Waals surface area contributed by atoms with Gasteiger partial charge in [-0.3, -0.25) is 4.90 Å². The summed E-state index contributed by atoms with van der Waals surface area (Å²) in [5.41, 5.74) is 7.69. The number of nitrogens with zero attached hydrogens (tertiary/aromatic N) is 3. The van der Waals surface area contributed by atoms with Gasteiger partial charge in [0.15, 0.2) is 0 Å². The fourth-order valence-corrected chi connectivity index (χ4v) is 3.64. The number of nitrogens with two attached hydrogens (primary N) is 1. The molecular formula is C16H18N4O3S. The summed E-state index contributed by atoms with van der Waals surface area (Å²) >= 11 is 1.49. The van der Waals surface area contributed by atoms with E-state index in [4.69, 9.17) is 20.5 Å². The lowest BCUT2D eigenvalue weighted by molar-refractivity contribution is 0.0718. The van der Waals surface area contributed by atoms with Crippen molar-refractivity contribution in [3.63, 3.8) is 0 Å². The number of aromatic nitrogens is 1. The third-order valence-electron chi connectivity index (χ3n) is 3.81. The maximum Gasteiger partial charge on any atom is 0.414 e. The van der Waals surface area contributed by atoms with E-state index < -0.39 is 0 Å². The van der Waals surface area contributed by atoms with Gasteiger partial charge >= 0.3 is 6.09 Å². The van der Waals surface area contributed by atoms with E-state index in [2.05, 4.69) is 11.1 Å². The Kier molecular flexibility index (Phi) is 4.94. The van der Waals surface area contributed by atoms with Gasteiger partial charge in [-0.05, 0) is 24.6 Å². The highest BCUT2D eigenvalue weighted by atomic mass is 32.1. The zero-order chi connectivity index (χ0) is 17.1. The number of methoxy groups -OCH3 is 1. The maximum absolute atomic E-state index is 12.0. The van der Waals surface area contributed by atoms with Crippen LogP contribution in [-0.4, -0.2) is 37.4 Å². The van der Waals surface area contributed by atoms with Gasteiger partial charge in [-0.2, -0.15) is 5.26 Å². The molecule has 0 bridgehead atoms. The third-order valence-corrected chi connectivity index (χ3v) is 4.96. The first-order valence-corrected chi connectivity index (χ1v) is 8.44. The number of amides is 1. The highest BCUT2D eigenvalue weighted by Crippen LogP contribution is 2.32. The third kappa shape index (κ3) is 3.33. The standard InChI is InChI=1S/C16H18N4O3S/c1-22-9-11-8-20(16(21)23-11)10-4-5-13-14(7-10)24-15(19-13)12(18)3-2-6-17/h4-5,7,11-12H,2-3,8-9,18H2,1H3. The predicted molar refractivity (Wildman–Crippen MR) is 90.9 cm³/mol. The van der Waals surface area contributed by atoms with Crippen LogP contribution in [0.15, 0.2) is 18.2 Å². The summed E-state index contributed by atoms with van der Waals surface area (Å²) < 4.78 is 11.3. The van der Waals surface area contributed by atoms with Gasteiger partial charge in [-0.15, -0.1) is 11.3 Å². The van der Waals surface area contributed by atoms with Crippen LogP contribution in [0.1, 0.15) is 23.9 Å². The number of hydrogen-bond donors (Lipinski definition) is 1. The molecule has 1 aromatic carbocycles. The minimum Gasteiger partial charge on any atom is -0.441 e. The number of hydrogen-bond acceptors (Lipinski definition) is 7. The lowest BCUT2D eigenvalue weighted by Crippen LogP contribution is -2.25. The van der Waals surface area contributed by atoms with Crippen molar-refractivity contribution < 1.29 is 14.3 Å². The van der Waals surface area contributed by atoms with Gasteiger partial charge < -0.3 is 15.2 Å². The Labute approximate surface area is 143 Å². The van der Waals surface area contributed by atoms with Crippen molar-refractivity contribution >= 4 is 33.3 Å². The van der Waals surface area contributed by atoms with E-state index in [1.807, 2.05) is 18.2 Å². The van der Waals surface area contributed by atoms with Crippen molar-refractivity contribution in [3.05, 3.63) is 23.2 Å². The summed E-state index contributed by atoms with van der Waals surface area (Å²) in [5.74, 6) is 0. The van der Waals surface area contributed by atoms with E-state index >= 15 is 0 Å². The van der Waals surface area contributed by atoms with Crippen LogP contribution in [0.3, 0.4) is 0 Å². The van der Waals surface area contributed by atoms with Crippen LogP contribution in [0.4, 0.5) is 10.5 Å². The molecule has 2 unspecified atom stereocenters. The minimum absolute atomic E-state index is 0.242. The summed E-state index contributed by atoms with van der Waals surface area (Å²) in [6, 6.07) is 7.50. The number of benzene rings is 1. The molecule has 1 amide bonds. The molecular weight excluding hydrogens is 328 g/mol. The number of cyclic esters (lactones) is 1. The van der Waals surface area contributed by atoms with Crippen LogP contribution < -0.4 is 10.6 Å². The van der Waals surface area contributed by atoms with E-state index in [-0.39, 0.29) is 18.2 Å². The van der Waals surface area contributed by atoms with Gasteiger partial charge in [-0.25, -0.2) is 9.78 Å². The van der Waals surface area contributed by atoms with Gasteiger partial charge in [0, 0.05) is 19.2 Å². The average molecular weight is 346 g/mol. The summed E-state index contributed by atoms with van der Waals surface area (Å²) in [6.07, 6.45) is 0.366. The molecule has 24 heavy (non-hydrogen) atoms. The molecule has 0 saturated carbocycles. The molecule has 2 atom stereocenters. The first-order valence-electron chi connectivity index (χ1n) is 7.62. The van der Waals surface area contributed by atoms with Crippen LogP contribution in [0, 0.1) is 11.3 Å². The normalized spacial score (nSPS) is 18.6. The van der Waals surface area contributed by atoms with E-state index in [9.17, 15) is 4.79 Å². The van der Waals surface area contributed by atoms with Gasteiger partial charge in [0.2, 0.25) is 0 Å². The number of fused-ring (bicyclic) bond motifs is 1. The predicted octanol–water partition coefficient (Wildman–Crippen LogP) is 2.57. The van der Waals surface area contributed by atoms with E-state index in [0.29, 0.717) is 26.0 Å². The molecule has 2 aromatic rings.